The third kappa shape index (κ3) is 5.25. The predicted octanol–water partition coefficient (Wildman–Crippen LogP) is 7.67. The van der Waals surface area contributed by atoms with Gasteiger partial charge in [-0.05, 0) is 97.4 Å². The van der Waals surface area contributed by atoms with Gasteiger partial charge in [0, 0.05) is 17.5 Å². The topological polar surface area (TPSA) is 81.2 Å². The van der Waals surface area contributed by atoms with Crippen LogP contribution in [0.5, 0.6) is 5.88 Å². The van der Waals surface area contributed by atoms with E-state index in [0.29, 0.717) is 29.5 Å². The van der Waals surface area contributed by atoms with Gasteiger partial charge in [-0.25, -0.2) is 18.1 Å². The molecule has 0 amide bonds. The smallest absolute Gasteiger partial charge is 0.264 e. The Hall–Kier alpha value is -2.93. The van der Waals surface area contributed by atoms with Gasteiger partial charge in [0.25, 0.3) is 10.0 Å². The Morgan fingerprint density at radius 1 is 1.00 bits per heavy atom. The summed E-state index contributed by atoms with van der Waals surface area (Å²) in [6, 6.07) is 15.5. The van der Waals surface area contributed by atoms with E-state index >= 15 is 0 Å². The molecule has 1 N–H and O–H groups in total. The maximum absolute atomic E-state index is 13.7. The van der Waals surface area contributed by atoms with Crippen molar-refractivity contribution >= 4 is 16.0 Å². The highest BCUT2D eigenvalue weighted by atomic mass is 32.2. The summed E-state index contributed by atoms with van der Waals surface area (Å²) < 4.78 is 36.5. The number of aryl methyl sites for hydroxylation is 2. The van der Waals surface area contributed by atoms with Gasteiger partial charge in [0.15, 0.2) is 0 Å². The summed E-state index contributed by atoms with van der Waals surface area (Å²) in [4.78, 5) is 9.45. The van der Waals surface area contributed by atoms with Crippen LogP contribution >= 0.6 is 0 Å². The minimum absolute atomic E-state index is 0.0240. The van der Waals surface area contributed by atoms with E-state index in [9.17, 15) is 8.42 Å². The highest BCUT2D eigenvalue weighted by molar-refractivity contribution is 7.92. The van der Waals surface area contributed by atoms with Crippen LogP contribution < -0.4 is 9.46 Å². The van der Waals surface area contributed by atoms with Crippen molar-refractivity contribution < 1.29 is 13.2 Å². The molecule has 212 valence electrons. The highest BCUT2D eigenvalue weighted by Crippen LogP contribution is 2.63. The second-order valence-corrected chi connectivity index (χ2v) is 15.4. The number of ether oxygens (including phenoxy) is 1. The van der Waals surface area contributed by atoms with Gasteiger partial charge in [-0.2, -0.15) is 4.98 Å². The van der Waals surface area contributed by atoms with Crippen LogP contribution in [0.25, 0.3) is 11.3 Å². The van der Waals surface area contributed by atoms with Crippen molar-refractivity contribution in [2.45, 2.75) is 84.0 Å². The molecule has 2 aromatic carbocycles. The zero-order chi connectivity index (χ0) is 28.3. The van der Waals surface area contributed by atoms with Gasteiger partial charge in [0.05, 0.1) is 17.2 Å². The van der Waals surface area contributed by atoms with E-state index in [-0.39, 0.29) is 28.1 Å². The number of fused-ring (bicyclic) bond motifs is 4. The average molecular weight is 560 g/mol. The second kappa shape index (κ2) is 9.86. The van der Waals surface area contributed by atoms with Crippen molar-refractivity contribution in [1.29, 1.82) is 0 Å². The van der Waals surface area contributed by atoms with Crippen molar-refractivity contribution in [3.63, 3.8) is 0 Å². The van der Waals surface area contributed by atoms with Gasteiger partial charge in [0.2, 0.25) is 11.8 Å². The summed E-state index contributed by atoms with van der Waals surface area (Å²) >= 11 is 0. The molecule has 40 heavy (non-hydrogen) atoms. The molecule has 4 bridgehead atoms. The molecule has 1 aliphatic heterocycles. The van der Waals surface area contributed by atoms with Gasteiger partial charge in [-0.15, -0.1) is 0 Å². The van der Waals surface area contributed by atoms with E-state index in [2.05, 4.69) is 41.5 Å². The molecule has 2 fully saturated rings. The van der Waals surface area contributed by atoms with Crippen LogP contribution in [0.3, 0.4) is 0 Å². The molecule has 2 aliphatic carbocycles. The predicted molar refractivity (Wildman–Crippen MR) is 159 cm³/mol. The maximum atomic E-state index is 13.7. The Balaban J connectivity index is 1.47. The number of nitrogens with one attached hydrogen (secondary N) is 1. The zero-order valence-electron chi connectivity index (χ0n) is 24.3. The van der Waals surface area contributed by atoms with Crippen molar-refractivity contribution in [2.75, 3.05) is 11.3 Å². The quantitative estimate of drug-likeness (QED) is 0.356. The Morgan fingerprint density at radius 3 is 2.35 bits per heavy atom. The lowest BCUT2D eigenvalue weighted by Gasteiger charge is -2.57. The first-order valence-corrected chi connectivity index (χ1v) is 16.1. The minimum Gasteiger partial charge on any atom is -0.477 e. The fraction of sp³-hybridized carbons (Fsp3) is 0.515. The molecule has 3 aromatic rings. The Labute approximate surface area is 239 Å². The standard InChI is InChI=1S/C33H41N3O3S/c1-21-9-6-10-22(2)29(21)27-16-28-35-31(34-27)36-40(37,38)26-12-7-11-23(15-26)30(24-18-33(19-24)13-8-14-33)25(20-39-28)17-32(3,4)5/h6-7,9-12,15-16,24-25,30H,8,13-14,17-20H2,1-5H3,(H,34,35,36)/t25-,30?/m1/s1. The molecule has 0 saturated heterocycles. The number of anilines is 1. The first-order valence-electron chi connectivity index (χ1n) is 14.6. The Kier molecular flexibility index (Phi) is 6.72. The van der Waals surface area contributed by atoms with E-state index in [4.69, 9.17) is 4.74 Å². The SMILES string of the molecule is Cc1cccc(C)c1-c1cc2nc(n1)NS(=O)(=O)c1cccc(c1)C(C1CC3(CCC3)C1)[C@H](CC(C)(C)C)CO2. The maximum Gasteiger partial charge on any atom is 0.264 e. The number of hydrogen-bond acceptors (Lipinski definition) is 5. The van der Waals surface area contributed by atoms with Crippen LogP contribution in [0.2, 0.25) is 0 Å². The van der Waals surface area contributed by atoms with Gasteiger partial charge < -0.3 is 4.74 Å². The Bertz CT molecular complexity index is 1510. The third-order valence-electron chi connectivity index (χ3n) is 9.36. The number of sulfonamides is 1. The molecule has 0 radical (unpaired) electrons. The van der Waals surface area contributed by atoms with Gasteiger partial charge in [0.1, 0.15) is 0 Å². The van der Waals surface area contributed by atoms with E-state index in [1.165, 1.54) is 32.1 Å². The fourth-order valence-electron chi connectivity index (χ4n) is 7.55. The second-order valence-electron chi connectivity index (χ2n) is 13.7. The number of nitrogens with zero attached hydrogens (tertiary/aromatic N) is 2. The summed E-state index contributed by atoms with van der Waals surface area (Å²) in [5.74, 6) is 1.39. The van der Waals surface area contributed by atoms with Crippen molar-refractivity contribution in [3.05, 3.63) is 65.2 Å². The van der Waals surface area contributed by atoms with Crippen LogP contribution in [0.4, 0.5) is 5.95 Å². The lowest BCUT2D eigenvalue weighted by Crippen LogP contribution is -2.47. The average Bonchev–Trinajstić information content (AvgIpc) is 2.81. The lowest BCUT2D eigenvalue weighted by atomic mass is 9.48. The number of rotatable bonds is 3. The van der Waals surface area contributed by atoms with Crippen LogP contribution in [-0.2, 0) is 10.0 Å². The van der Waals surface area contributed by atoms with E-state index < -0.39 is 10.0 Å². The molecule has 3 aliphatic rings. The largest absolute Gasteiger partial charge is 0.477 e. The van der Waals surface area contributed by atoms with Crippen LogP contribution in [0, 0.1) is 36.5 Å². The monoisotopic (exact) mass is 559 g/mol. The van der Waals surface area contributed by atoms with Crippen LogP contribution in [-0.4, -0.2) is 25.0 Å². The first-order chi connectivity index (χ1) is 18.9. The molecular formula is C33H41N3O3S. The summed E-state index contributed by atoms with van der Waals surface area (Å²) in [5.41, 5.74) is 5.45. The van der Waals surface area contributed by atoms with Gasteiger partial charge in [-0.3, -0.25) is 0 Å². The van der Waals surface area contributed by atoms with Gasteiger partial charge >= 0.3 is 0 Å². The third-order valence-corrected chi connectivity index (χ3v) is 10.7. The summed E-state index contributed by atoms with van der Waals surface area (Å²) in [5, 5.41) is 0. The minimum atomic E-state index is -3.90. The molecule has 2 heterocycles. The van der Waals surface area contributed by atoms with E-state index in [1.54, 1.807) is 6.07 Å². The molecule has 7 heteroatoms. The number of hydrogen-bond donors (Lipinski definition) is 1. The van der Waals surface area contributed by atoms with E-state index in [0.717, 1.165) is 28.7 Å². The summed E-state index contributed by atoms with van der Waals surface area (Å²) in [6.07, 6.45) is 7.42. The summed E-state index contributed by atoms with van der Waals surface area (Å²) in [6.45, 7) is 11.4. The van der Waals surface area contributed by atoms with Crippen molar-refractivity contribution in [1.82, 2.24) is 9.97 Å². The Morgan fingerprint density at radius 2 is 1.70 bits per heavy atom. The fourth-order valence-corrected chi connectivity index (χ4v) is 8.55. The molecule has 1 unspecified atom stereocenters. The summed E-state index contributed by atoms with van der Waals surface area (Å²) in [7, 11) is -3.90. The van der Waals surface area contributed by atoms with Crippen LogP contribution in [0.15, 0.2) is 53.4 Å². The normalized spacial score (nSPS) is 23.5. The zero-order valence-corrected chi connectivity index (χ0v) is 25.1. The lowest BCUT2D eigenvalue weighted by molar-refractivity contribution is -0.0505. The molecular weight excluding hydrogens is 518 g/mol. The molecule has 2 atom stereocenters. The van der Waals surface area contributed by atoms with Gasteiger partial charge in [-0.1, -0.05) is 57.5 Å². The number of benzene rings is 2. The molecule has 2 saturated carbocycles. The molecule has 1 spiro atoms. The van der Waals surface area contributed by atoms with Crippen molar-refractivity contribution in [3.8, 4) is 17.1 Å². The number of aromatic nitrogens is 2. The molecule has 6 rings (SSSR count). The van der Waals surface area contributed by atoms with Crippen molar-refractivity contribution in [2.24, 2.45) is 22.7 Å². The molecule has 6 nitrogen and oxygen atoms in total. The highest BCUT2D eigenvalue weighted by Gasteiger charge is 2.52. The van der Waals surface area contributed by atoms with E-state index in [1.807, 2.05) is 50.2 Å². The van der Waals surface area contributed by atoms with Crippen LogP contribution in [0.1, 0.15) is 81.9 Å². The molecule has 1 aromatic heterocycles. The first kappa shape index (κ1) is 27.3.